The van der Waals surface area contributed by atoms with Crippen LogP contribution in [0.2, 0.25) is 5.02 Å². The summed E-state index contributed by atoms with van der Waals surface area (Å²) in [6, 6.07) is 4.16. The highest BCUT2D eigenvalue weighted by molar-refractivity contribution is 6.30. The Morgan fingerprint density at radius 1 is 1.56 bits per heavy atom. The molecule has 1 fully saturated rings. The van der Waals surface area contributed by atoms with Crippen LogP contribution in [0.4, 0.5) is 4.39 Å². The van der Waals surface area contributed by atoms with Gasteiger partial charge < -0.3 is 5.32 Å². The van der Waals surface area contributed by atoms with Gasteiger partial charge in [0.1, 0.15) is 5.82 Å². The molecule has 4 heteroatoms. The second-order valence-corrected chi connectivity index (χ2v) is 4.75. The fourth-order valence-corrected chi connectivity index (χ4v) is 2.22. The van der Waals surface area contributed by atoms with E-state index in [0.717, 1.165) is 19.4 Å². The minimum atomic E-state index is -0.630. The van der Waals surface area contributed by atoms with E-state index in [2.05, 4.69) is 5.32 Å². The Morgan fingerprint density at radius 2 is 2.31 bits per heavy atom. The summed E-state index contributed by atoms with van der Waals surface area (Å²) < 4.78 is 13.6. The molecule has 0 bridgehead atoms. The van der Waals surface area contributed by atoms with Crippen molar-refractivity contribution < 1.29 is 9.18 Å². The number of carbonyl (C=O) groups excluding carboxylic acids is 1. The monoisotopic (exact) mass is 241 g/mol. The van der Waals surface area contributed by atoms with Crippen molar-refractivity contribution in [3.8, 4) is 0 Å². The van der Waals surface area contributed by atoms with Crippen molar-refractivity contribution in [2.24, 2.45) is 0 Å². The smallest absolute Gasteiger partial charge is 0.185 e. The zero-order chi connectivity index (χ0) is 11.8. The van der Waals surface area contributed by atoms with Gasteiger partial charge in [-0.15, -0.1) is 0 Å². The summed E-state index contributed by atoms with van der Waals surface area (Å²) in [6.45, 7) is 2.62. The Balaban J connectivity index is 2.33. The van der Waals surface area contributed by atoms with Gasteiger partial charge in [0, 0.05) is 5.02 Å². The second-order valence-electron chi connectivity index (χ2n) is 4.32. The minimum Gasteiger partial charge on any atom is -0.305 e. The molecule has 0 aromatic heterocycles. The Bertz CT molecular complexity index is 427. The first-order chi connectivity index (χ1) is 7.53. The second kappa shape index (κ2) is 4.15. The molecule has 1 aromatic carbocycles. The minimum absolute atomic E-state index is 0.112. The summed E-state index contributed by atoms with van der Waals surface area (Å²) in [6.07, 6.45) is 1.69. The van der Waals surface area contributed by atoms with Crippen molar-refractivity contribution in [3.05, 3.63) is 34.6 Å². The fraction of sp³-hybridized carbons (Fsp3) is 0.417. The Hall–Kier alpha value is -0.930. The number of benzene rings is 1. The number of hydrogen-bond donors (Lipinski definition) is 1. The molecule has 0 aliphatic carbocycles. The van der Waals surface area contributed by atoms with Crippen LogP contribution in [-0.2, 0) is 0 Å². The number of ketones is 1. The van der Waals surface area contributed by atoms with E-state index >= 15 is 0 Å². The van der Waals surface area contributed by atoms with E-state index < -0.39 is 11.4 Å². The summed E-state index contributed by atoms with van der Waals surface area (Å²) in [5.41, 5.74) is -0.518. The molecule has 16 heavy (non-hydrogen) atoms. The Kier molecular flexibility index (Phi) is 3.00. The van der Waals surface area contributed by atoms with Gasteiger partial charge in [-0.2, -0.15) is 0 Å². The van der Waals surface area contributed by atoms with Crippen LogP contribution < -0.4 is 5.32 Å². The van der Waals surface area contributed by atoms with Crippen molar-refractivity contribution >= 4 is 17.4 Å². The topological polar surface area (TPSA) is 29.1 Å². The lowest BCUT2D eigenvalue weighted by molar-refractivity contribution is 0.0880. The Labute approximate surface area is 98.8 Å². The van der Waals surface area contributed by atoms with Gasteiger partial charge in [-0.1, -0.05) is 11.6 Å². The lowest BCUT2D eigenvalue weighted by atomic mass is 9.89. The molecule has 0 spiro atoms. The predicted molar refractivity (Wildman–Crippen MR) is 61.4 cm³/mol. The van der Waals surface area contributed by atoms with Crippen LogP contribution in [0.1, 0.15) is 30.1 Å². The van der Waals surface area contributed by atoms with E-state index in [9.17, 15) is 9.18 Å². The van der Waals surface area contributed by atoms with Gasteiger partial charge in [0.15, 0.2) is 5.78 Å². The van der Waals surface area contributed by atoms with Gasteiger partial charge in [0.05, 0.1) is 11.1 Å². The molecule has 0 saturated carbocycles. The maximum Gasteiger partial charge on any atom is 0.185 e. The SMILES string of the molecule is CC1(C(=O)c2ccc(Cl)cc2F)CCCN1. The zero-order valence-electron chi connectivity index (χ0n) is 9.02. The number of hydrogen-bond acceptors (Lipinski definition) is 2. The van der Waals surface area contributed by atoms with Gasteiger partial charge >= 0.3 is 0 Å². The molecular formula is C12H13ClFNO. The maximum absolute atomic E-state index is 13.6. The summed E-state index contributed by atoms with van der Waals surface area (Å²) in [5.74, 6) is -0.744. The van der Waals surface area contributed by atoms with Crippen molar-refractivity contribution in [3.63, 3.8) is 0 Å². The van der Waals surface area contributed by atoms with Crippen LogP contribution in [0.3, 0.4) is 0 Å². The molecule has 2 rings (SSSR count). The molecule has 0 radical (unpaired) electrons. The molecule has 1 unspecified atom stereocenters. The van der Waals surface area contributed by atoms with E-state index in [-0.39, 0.29) is 11.3 Å². The van der Waals surface area contributed by atoms with Crippen LogP contribution in [0.5, 0.6) is 0 Å². The normalized spacial score (nSPS) is 24.7. The lowest BCUT2D eigenvalue weighted by Gasteiger charge is -2.22. The van der Waals surface area contributed by atoms with E-state index in [1.165, 1.54) is 18.2 Å². The third kappa shape index (κ3) is 1.97. The molecule has 1 aliphatic rings. The molecule has 1 heterocycles. The zero-order valence-corrected chi connectivity index (χ0v) is 9.77. The first-order valence-corrected chi connectivity index (χ1v) is 5.66. The highest BCUT2D eigenvalue weighted by atomic mass is 35.5. The van der Waals surface area contributed by atoms with E-state index in [1.807, 2.05) is 6.92 Å². The molecule has 86 valence electrons. The molecule has 1 atom stereocenters. The van der Waals surface area contributed by atoms with E-state index in [1.54, 1.807) is 0 Å². The van der Waals surface area contributed by atoms with Crippen LogP contribution in [0.25, 0.3) is 0 Å². The largest absolute Gasteiger partial charge is 0.305 e. The van der Waals surface area contributed by atoms with Gasteiger partial charge in [-0.3, -0.25) is 4.79 Å². The molecule has 2 nitrogen and oxygen atoms in total. The first-order valence-electron chi connectivity index (χ1n) is 5.28. The maximum atomic E-state index is 13.6. The number of nitrogens with one attached hydrogen (secondary N) is 1. The summed E-state index contributed by atoms with van der Waals surface area (Å²) in [4.78, 5) is 12.2. The number of Topliss-reactive ketones (excluding diaryl/α,β-unsaturated/α-hetero) is 1. The van der Waals surface area contributed by atoms with Crippen LogP contribution >= 0.6 is 11.6 Å². The predicted octanol–water partition coefficient (Wildman–Crippen LogP) is 2.80. The lowest BCUT2D eigenvalue weighted by Crippen LogP contribution is -2.44. The molecule has 1 N–H and O–H groups in total. The van der Waals surface area contributed by atoms with Crippen molar-refractivity contribution in [1.82, 2.24) is 5.32 Å². The first kappa shape index (κ1) is 11.6. The molecule has 1 saturated heterocycles. The molecule has 1 aromatic rings. The average molecular weight is 242 g/mol. The number of carbonyl (C=O) groups is 1. The summed E-state index contributed by atoms with van der Waals surface area (Å²) in [7, 11) is 0. The summed E-state index contributed by atoms with van der Waals surface area (Å²) in [5, 5.41) is 3.43. The van der Waals surface area contributed by atoms with E-state index in [0.29, 0.717) is 5.02 Å². The van der Waals surface area contributed by atoms with Crippen molar-refractivity contribution in [2.75, 3.05) is 6.54 Å². The van der Waals surface area contributed by atoms with Crippen molar-refractivity contribution in [2.45, 2.75) is 25.3 Å². The van der Waals surface area contributed by atoms with Gasteiger partial charge in [-0.05, 0) is 44.5 Å². The number of halogens is 2. The Morgan fingerprint density at radius 3 is 2.88 bits per heavy atom. The third-order valence-corrected chi connectivity index (χ3v) is 3.28. The number of rotatable bonds is 2. The van der Waals surface area contributed by atoms with Gasteiger partial charge in [-0.25, -0.2) is 4.39 Å². The third-order valence-electron chi connectivity index (χ3n) is 3.05. The van der Waals surface area contributed by atoms with Gasteiger partial charge in [0.2, 0.25) is 0 Å². The molecular weight excluding hydrogens is 229 g/mol. The fourth-order valence-electron chi connectivity index (χ4n) is 2.06. The molecule has 1 aliphatic heterocycles. The highest BCUT2D eigenvalue weighted by Crippen LogP contribution is 2.25. The van der Waals surface area contributed by atoms with Crippen LogP contribution in [0.15, 0.2) is 18.2 Å². The van der Waals surface area contributed by atoms with Crippen LogP contribution in [0, 0.1) is 5.82 Å². The van der Waals surface area contributed by atoms with E-state index in [4.69, 9.17) is 11.6 Å². The molecule has 0 amide bonds. The van der Waals surface area contributed by atoms with Crippen LogP contribution in [-0.4, -0.2) is 17.9 Å². The summed E-state index contributed by atoms with van der Waals surface area (Å²) >= 11 is 5.65. The average Bonchev–Trinajstić information content (AvgIpc) is 2.66. The van der Waals surface area contributed by atoms with Gasteiger partial charge in [0.25, 0.3) is 0 Å². The quantitative estimate of drug-likeness (QED) is 0.807. The highest BCUT2D eigenvalue weighted by Gasteiger charge is 2.37. The standard InChI is InChI=1S/C12H13ClFNO/c1-12(5-2-6-15-12)11(16)9-4-3-8(13)7-10(9)14/h3-4,7,15H,2,5-6H2,1H3. The van der Waals surface area contributed by atoms with Crippen molar-refractivity contribution in [1.29, 1.82) is 0 Å².